The molecular weight excluding hydrogens is 807 g/mol. The van der Waals surface area contributed by atoms with E-state index in [1.807, 2.05) is 78.9 Å². The van der Waals surface area contributed by atoms with Gasteiger partial charge in [0.05, 0.1) is 56.7 Å². The first kappa shape index (κ1) is 38.3. The maximum atomic E-state index is 9.73. The van der Waals surface area contributed by atoms with Crippen molar-refractivity contribution in [2.45, 2.75) is 0 Å². The zero-order valence-corrected chi connectivity index (χ0v) is 35.3. The molecule has 0 fully saturated rings. The fourth-order valence-electron chi connectivity index (χ4n) is 9.37. The second-order valence-electron chi connectivity index (χ2n) is 16.3. The van der Waals surface area contributed by atoms with Crippen LogP contribution in [0.3, 0.4) is 0 Å². The predicted molar refractivity (Wildman–Crippen MR) is 265 cm³/mol. The SMILES string of the molecule is N#Cc1ccc(-c2cc(-c3nc(-c4ccccc4)nc(-c4ccc(-n5c6ccccc6c6ccccc65)c(-c5ccc(C#N)cc5)c4)n3)ccc2-n2c3ccccc3c3ccccc32)cc1. The molecule has 0 aliphatic rings. The molecule has 0 aliphatic heterocycles. The molecule has 0 saturated carbocycles. The minimum Gasteiger partial charge on any atom is -0.309 e. The van der Waals surface area contributed by atoms with E-state index in [9.17, 15) is 10.5 Å². The van der Waals surface area contributed by atoms with Crippen molar-refractivity contribution in [1.29, 1.82) is 10.5 Å². The molecule has 3 heterocycles. The van der Waals surface area contributed by atoms with E-state index in [4.69, 9.17) is 15.0 Å². The average Bonchev–Trinajstić information content (AvgIpc) is 3.91. The third-order valence-electron chi connectivity index (χ3n) is 12.5. The molecule has 3 aromatic heterocycles. The Kier molecular flexibility index (Phi) is 9.12. The summed E-state index contributed by atoms with van der Waals surface area (Å²) in [7, 11) is 0. The molecule has 0 radical (unpaired) electrons. The van der Waals surface area contributed by atoms with Crippen LogP contribution in [0.4, 0.5) is 0 Å². The molecule has 306 valence electrons. The normalized spacial score (nSPS) is 11.3. The number of rotatable bonds is 7. The van der Waals surface area contributed by atoms with Crippen LogP contribution in [0.5, 0.6) is 0 Å². The van der Waals surface area contributed by atoms with E-state index >= 15 is 0 Å². The lowest BCUT2D eigenvalue weighted by Crippen LogP contribution is -2.03. The van der Waals surface area contributed by atoms with E-state index in [-0.39, 0.29) is 0 Å². The molecule has 0 amide bonds. The summed E-state index contributed by atoms with van der Waals surface area (Å²) in [5, 5.41) is 24.1. The van der Waals surface area contributed by atoms with Gasteiger partial charge in [-0.1, -0.05) is 127 Å². The lowest BCUT2D eigenvalue weighted by Gasteiger charge is -2.17. The van der Waals surface area contributed by atoms with Gasteiger partial charge in [0.15, 0.2) is 17.5 Å². The van der Waals surface area contributed by atoms with Crippen molar-refractivity contribution < 1.29 is 0 Å². The van der Waals surface area contributed by atoms with Crippen LogP contribution in [0.1, 0.15) is 11.1 Å². The van der Waals surface area contributed by atoms with Crippen molar-refractivity contribution in [2.75, 3.05) is 0 Å². The molecule has 12 aromatic rings. The number of nitrogens with zero attached hydrogens (tertiary/aromatic N) is 7. The Hall–Kier alpha value is -9.43. The monoisotopic (exact) mass is 841 g/mol. The van der Waals surface area contributed by atoms with Gasteiger partial charge in [0.25, 0.3) is 0 Å². The van der Waals surface area contributed by atoms with Gasteiger partial charge in [-0.15, -0.1) is 0 Å². The molecule has 7 nitrogen and oxygen atoms in total. The molecule has 0 saturated heterocycles. The minimum absolute atomic E-state index is 0.522. The van der Waals surface area contributed by atoms with E-state index < -0.39 is 0 Å². The number of hydrogen-bond acceptors (Lipinski definition) is 5. The zero-order valence-electron chi connectivity index (χ0n) is 35.3. The van der Waals surface area contributed by atoms with Crippen LogP contribution in [0, 0.1) is 22.7 Å². The highest BCUT2D eigenvalue weighted by atomic mass is 15.0. The molecule has 0 N–H and O–H groups in total. The van der Waals surface area contributed by atoms with Gasteiger partial charge in [0, 0.05) is 49.4 Å². The fourth-order valence-corrected chi connectivity index (χ4v) is 9.37. The molecule has 0 unspecified atom stereocenters. The van der Waals surface area contributed by atoms with Gasteiger partial charge in [-0.05, 0) is 96.1 Å². The minimum atomic E-state index is 0.522. The van der Waals surface area contributed by atoms with Crippen LogP contribution in [-0.2, 0) is 0 Å². The van der Waals surface area contributed by atoms with Crippen LogP contribution in [-0.4, -0.2) is 24.1 Å². The van der Waals surface area contributed by atoms with Gasteiger partial charge in [0.2, 0.25) is 0 Å². The van der Waals surface area contributed by atoms with Crippen LogP contribution >= 0.6 is 0 Å². The first-order valence-electron chi connectivity index (χ1n) is 21.7. The standard InChI is InChI=1S/C59H35N7/c60-36-38-22-26-40(27-23-38)49-34-43(30-32-55(49)65-51-18-8-4-14-45(51)46-15-5-9-19-52(46)65)58-62-57(42-12-2-1-3-13-42)63-59(64-58)44-31-33-56(50(35-44)41-28-24-39(37-61)25-29-41)66-53-20-10-6-16-47(53)48-17-7-11-21-54(48)66/h1-35H. The third kappa shape index (κ3) is 6.39. The molecular formula is C59H35N7. The second kappa shape index (κ2) is 15.7. The first-order chi connectivity index (χ1) is 32.6. The van der Waals surface area contributed by atoms with Crippen molar-refractivity contribution in [3.8, 4) is 79.9 Å². The maximum absolute atomic E-state index is 9.73. The number of benzene rings is 9. The first-order valence-corrected chi connectivity index (χ1v) is 21.7. The highest BCUT2D eigenvalue weighted by Crippen LogP contribution is 2.41. The topological polar surface area (TPSA) is 96.1 Å². The van der Waals surface area contributed by atoms with Crippen LogP contribution in [0.25, 0.3) is 111 Å². The number of nitriles is 2. The van der Waals surface area contributed by atoms with E-state index in [2.05, 4.69) is 155 Å². The summed E-state index contributed by atoms with van der Waals surface area (Å²) in [6, 6.07) is 76.8. The lowest BCUT2D eigenvalue weighted by molar-refractivity contribution is 1.07. The number of para-hydroxylation sites is 4. The Bertz CT molecular complexity index is 3600. The van der Waals surface area contributed by atoms with Crippen LogP contribution in [0.15, 0.2) is 212 Å². The number of hydrogen-bond donors (Lipinski definition) is 0. The predicted octanol–water partition coefficient (Wildman–Crippen LogP) is 14.1. The van der Waals surface area contributed by atoms with E-state index in [1.165, 1.54) is 21.5 Å². The van der Waals surface area contributed by atoms with Gasteiger partial charge < -0.3 is 9.13 Å². The van der Waals surface area contributed by atoms with Crippen LogP contribution in [0.2, 0.25) is 0 Å². The summed E-state index contributed by atoms with van der Waals surface area (Å²) < 4.78 is 4.64. The third-order valence-corrected chi connectivity index (χ3v) is 12.5. The molecule has 66 heavy (non-hydrogen) atoms. The van der Waals surface area contributed by atoms with Crippen molar-refractivity contribution in [3.63, 3.8) is 0 Å². The van der Waals surface area contributed by atoms with E-state index in [0.717, 1.165) is 72.4 Å². The largest absolute Gasteiger partial charge is 0.309 e. The van der Waals surface area contributed by atoms with Gasteiger partial charge in [-0.3, -0.25) is 0 Å². The maximum Gasteiger partial charge on any atom is 0.164 e. The van der Waals surface area contributed by atoms with Gasteiger partial charge in [-0.2, -0.15) is 10.5 Å². The summed E-state index contributed by atoms with van der Waals surface area (Å²) in [6.45, 7) is 0. The Morgan fingerprint density at radius 1 is 0.303 bits per heavy atom. The molecule has 0 spiro atoms. The van der Waals surface area contributed by atoms with Gasteiger partial charge in [-0.25, -0.2) is 15.0 Å². The van der Waals surface area contributed by atoms with Crippen molar-refractivity contribution in [1.82, 2.24) is 24.1 Å². The Morgan fingerprint density at radius 2 is 0.621 bits per heavy atom. The van der Waals surface area contributed by atoms with Gasteiger partial charge in [0.1, 0.15) is 0 Å². The summed E-state index contributed by atoms with van der Waals surface area (Å²) in [5.74, 6) is 1.59. The molecule has 0 atom stereocenters. The Morgan fingerprint density at radius 3 is 0.985 bits per heavy atom. The van der Waals surface area contributed by atoms with Crippen LogP contribution < -0.4 is 0 Å². The molecule has 9 aromatic carbocycles. The smallest absolute Gasteiger partial charge is 0.164 e. The number of fused-ring (bicyclic) bond motifs is 6. The van der Waals surface area contributed by atoms with E-state index in [1.54, 1.807) is 0 Å². The Labute approximate surface area is 380 Å². The summed E-state index contributed by atoms with van der Waals surface area (Å²) >= 11 is 0. The summed E-state index contributed by atoms with van der Waals surface area (Å²) in [5.41, 5.74) is 13.9. The van der Waals surface area contributed by atoms with Crippen molar-refractivity contribution in [2.24, 2.45) is 0 Å². The van der Waals surface area contributed by atoms with Crippen molar-refractivity contribution >= 4 is 43.6 Å². The number of aromatic nitrogens is 5. The highest BCUT2D eigenvalue weighted by Gasteiger charge is 2.21. The van der Waals surface area contributed by atoms with Gasteiger partial charge >= 0.3 is 0 Å². The fraction of sp³-hybridized carbons (Fsp3) is 0. The lowest BCUT2D eigenvalue weighted by atomic mass is 9.98. The average molecular weight is 842 g/mol. The summed E-state index contributed by atoms with van der Waals surface area (Å²) in [6.07, 6.45) is 0. The summed E-state index contributed by atoms with van der Waals surface area (Å²) in [4.78, 5) is 15.6. The quantitative estimate of drug-likeness (QED) is 0.159. The Balaban J connectivity index is 1.08. The highest BCUT2D eigenvalue weighted by molar-refractivity contribution is 6.11. The zero-order chi connectivity index (χ0) is 44.1. The van der Waals surface area contributed by atoms with E-state index in [0.29, 0.717) is 28.6 Å². The van der Waals surface area contributed by atoms with Crippen molar-refractivity contribution in [3.05, 3.63) is 223 Å². The second-order valence-corrected chi connectivity index (χ2v) is 16.3. The molecule has 0 aliphatic carbocycles. The molecule has 7 heteroatoms. The molecule has 12 rings (SSSR count). The molecule has 0 bridgehead atoms.